The van der Waals surface area contributed by atoms with Crippen LogP contribution >= 0.6 is 15.9 Å². The van der Waals surface area contributed by atoms with Crippen molar-refractivity contribution in [2.24, 2.45) is 5.92 Å². The number of benzene rings is 2. The van der Waals surface area contributed by atoms with Gasteiger partial charge in [0.25, 0.3) is 0 Å². The van der Waals surface area contributed by atoms with Crippen LogP contribution < -0.4 is 0 Å². The van der Waals surface area contributed by atoms with Crippen molar-refractivity contribution in [3.8, 4) is 0 Å². The molecule has 0 amide bonds. The predicted molar refractivity (Wildman–Crippen MR) is 78.5 cm³/mol. The molecule has 1 nitrogen and oxygen atoms in total. The molecule has 1 N–H and O–H groups in total. The fourth-order valence-corrected chi connectivity index (χ4v) is 2.62. The topological polar surface area (TPSA) is 20.2 Å². The lowest BCUT2D eigenvalue weighted by atomic mass is 9.93. The maximum Gasteiger partial charge on any atom is 0.126 e. The van der Waals surface area contributed by atoms with Crippen molar-refractivity contribution < 1.29 is 13.9 Å². The molecule has 0 fully saturated rings. The molecule has 0 aliphatic carbocycles. The van der Waals surface area contributed by atoms with E-state index in [0.717, 1.165) is 10.0 Å². The molecule has 106 valence electrons. The molecule has 0 saturated carbocycles. The second-order valence-corrected chi connectivity index (χ2v) is 5.74. The second-order valence-electron chi connectivity index (χ2n) is 4.82. The third kappa shape index (κ3) is 4.12. The summed E-state index contributed by atoms with van der Waals surface area (Å²) in [7, 11) is 0. The molecule has 0 saturated heterocycles. The molecule has 0 aliphatic heterocycles. The fourth-order valence-electron chi connectivity index (χ4n) is 2.21. The Hall–Kier alpha value is -1.26. The van der Waals surface area contributed by atoms with E-state index in [1.54, 1.807) is 18.2 Å². The fraction of sp³-hybridized carbons (Fsp3) is 0.250. The molecule has 0 radical (unpaired) electrons. The number of hydrogen-bond acceptors (Lipinski definition) is 1. The molecular weight excluding hydrogens is 326 g/mol. The van der Waals surface area contributed by atoms with Gasteiger partial charge in [0, 0.05) is 11.1 Å². The first-order chi connectivity index (χ1) is 9.58. The number of rotatable bonds is 5. The van der Waals surface area contributed by atoms with Gasteiger partial charge < -0.3 is 5.11 Å². The Morgan fingerprint density at radius 1 is 1.05 bits per heavy atom. The predicted octanol–water partition coefficient (Wildman–Crippen LogP) is 4.12. The molecule has 2 aromatic rings. The van der Waals surface area contributed by atoms with E-state index < -0.39 is 0 Å². The smallest absolute Gasteiger partial charge is 0.126 e. The standard InChI is InChI=1S/C16H15BrF2O/c17-14-4-5-16(19)13(9-14)7-12(10-20)6-11-2-1-3-15(18)8-11/h1-5,8-9,12,20H,6-7,10H2. The summed E-state index contributed by atoms with van der Waals surface area (Å²) in [6.07, 6.45) is 0.929. The van der Waals surface area contributed by atoms with Crippen LogP contribution in [0.2, 0.25) is 0 Å². The Bertz CT molecular complexity index is 586. The van der Waals surface area contributed by atoms with Gasteiger partial charge in [-0.25, -0.2) is 8.78 Å². The molecule has 0 aliphatic rings. The quantitative estimate of drug-likeness (QED) is 0.867. The molecule has 2 aromatic carbocycles. The zero-order chi connectivity index (χ0) is 14.5. The van der Waals surface area contributed by atoms with Gasteiger partial charge in [-0.3, -0.25) is 0 Å². The van der Waals surface area contributed by atoms with E-state index in [1.807, 2.05) is 6.07 Å². The van der Waals surface area contributed by atoms with Gasteiger partial charge in [0.05, 0.1) is 0 Å². The van der Waals surface area contributed by atoms with E-state index in [-0.39, 0.29) is 24.2 Å². The molecule has 1 unspecified atom stereocenters. The highest BCUT2D eigenvalue weighted by Crippen LogP contribution is 2.21. The minimum Gasteiger partial charge on any atom is -0.396 e. The molecule has 0 heterocycles. The third-order valence-electron chi connectivity index (χ3n) is 3.19. The van der Waals surface area contributed by atoms with Crippen LogP contribution in [0.4, 0.5) is 8.78 Å². The zero-order valence-electron chi connectivity index (χ0n) is 10.8. The van der Waals surface area contributed by atoms with E-state index >= 15 is 0 Å². The summed E-state index contributed by atoms with van der Waals surface area (Å²) in [5.41, 5.74) is 1.36. The van der Waals surface area contributed by atoms with Gasteiger partial charge in [-0.05, 0) is 60.2 Å². The van der Waals surface area contributed by atoms with Crippen LogP contribution in [-0.2, 0) is 12.8 Å². The molecule has 1 atom stereocenters. The molecule has 0 spiro atoms. The first-order valence-electron chi connectivity index (χ1n) is 6.37. The van der Waals surface area contributed by atoms with Crippen LogP contribution in [-0.4, -0.2) is 11.7 Å². The first-order valence-corrected chi connectivity index (χ1v) is 7.17. The van der Waals surface area contributed by atoms with Crippen LogP contribution in [0.15, 0.2) is 46.9 Å². The summed E-state index contributed by atoms with van der Waals surface area (Å²) in [6.45, 7) is -0.0670. The minimum absolute atomic E-state index is 0.0670. The van der Waals surface area contributed by atoms with E-state index in [1.165, 1.54) is 18.2 Å². The number of aliphatic hydroxyl groups is 1. The summed E-state index contributed by atoms with van der Waals surface area (Å²) in [4.78, 5) is 0. The second kappa shape index (κ2) is 6.95. The number of aliphatic hydroxyl groups excluding tert-OH is 1. The van der Waals surface area contributed by atoms with Gasteiger partial charge in [0.1, 0.15) is 11.6 Å². The van der Waals surface area contributed by atoms with Crippen LogP contribution in [0.5, 0.6) is 0 Å². The Morgan fingerprint density at radius 2 is 1.85 bits per heavy atom. The molecule has 0 bridgehead atoms. The van der Waals surface area contributed by atoms with E-state index in [0.29, 0.717) is 18.4 Å². The van der Waals surface area contributed by atoms with Gasteiger partial charge >= 0.3 is 0 Å². The lowest BCUT2D eigenvalue weighted by Crippen LogP contribution is -2.14. The van der Waals surface area contributed by atoms with Gasteiger partial charge in [0.2, 0.25) is 0 Å². The maximum absolute atomic E-state index is 13.7. The highest BCUT2D eigenvalue weighted by molar-refractivity contribution is 9.10. The normalized spacial score (nSPS) is 12.4. The average Bonchev–Trinajstić information content (AvgIpc) is 2.42. The Morgan fingerprint density at radius 3 is 2.55 bits per heavy atom. The largest absolute Gasteiger partial charge is 0.396 e. The summed E-state index contributed by atoms with van der Waals surface area (Å²) in [5.74, 6) is -0.723. The Labute approximate surface area is 125 Å². The summed E-state index contributed by atoms with van der Waals surface area (Å²) < 4.78 is 27.6. The van der Waals surface area contributed by atoms with Crippen LogP contribution in [0, 0.1) is 17.6 Å². The highest BCUT2D eigenvalue weighted by atomic mass is 79.9. The molecular formula is C16H15BrF2O. The summed E-state index contributed by atoms with van der Waals surface area (Å²) >= 11 is 3.31. The van der Waals surface area contributed by atoms with Crippen molar-refractivity contribution in [1.29, 1.82) is 0 Å². The summed E-state index contributed by atoms with van der Waals surface area (Å²) in [5, 5.41) is 9.45. The van der Waals surface area contributed by atoms with Crippen LogP contribution in [0.25, 0.3) is 0 Å². The molecule has 0 aromatic heterocycles. The highest BCUT2D eigenvalue weighted by Gasteiger charge is 2.13. The Kier molecular flexibility index (Phi) is 5.26. The van der Waals surface area contributed by atoms with Crippen LogP contribution in [0.1, 0.15) is 11.1 Å². The third-order valence-corrected chi connectivity index (χ3v) is 3.68. The van der Waals surface area contributed by atoms with Gasteiger partial charge in [-0.2, -0.15) is 0 Å². The molecule has 20 heavy (non-hydrogen) atoms. The number of hydrogen-bond donors (Lipinski definition) is 1. The number of halogens is 3. The lowest BCUT2D eigenvalue weighted by Gasteiger charge is -2.15. The maximum atomic E-state index is 13.7. The monoisotopic (exact) mass is 340 g/mol. The van der Waals surface area contributed by atoms with E-state index in [9.17, 15) is 13.9 Å². The van der Waals surface area contributed by atoms with Crippen molar-refractivity contribution >= 4 is 15.9 Å². The van der Waals surface area contributed by atoms with Crippen LogP contribution in [0.3, 0.4) is 0 Å². The minimum atomic E-state index is -0.298. The SMILES string of the molecule is OCC(Cc1cccc(F)c1)Cc1cc(Br)ccc1F. The average molecular weight is 341 g/mol. The Balaban J connectivity index is 2.11. The van der Waals surface area contributed by atoms with Crippen molar-refractivity contribution in [2.45, 2.75) is 12.8 Å². The van der Waals surface area contributed by atoms with Crippen molar-refractivity contribution in [2.75, 3.05) is 6.61 Å². The van der Waals surface area contributed by atoms with Crippen molar-refractivity contribution in [3.05, 3.63) is 69.7 Å². The first kappa shape index (κ1) is 15.1. The van der Waals surface area contributed by atoms with Gasteiger partial charge in [-0.1, -0.05) is 28.1 Å². The van der Waals surface area contributed by atoms with Crippen molar-refractivity contribution in [3.63, 3.8) is 0 Å². The van der Waals surface area contributed by atoms with E-state index in [4.69, 9.17) is 0 Å². The van der Waals surface area contributed by atoms with Gasteiger partial charge in [-0.15, -0.1) is 0 Å². The van der Waals surface area contributed by atoms with Gasteiger partial charge in [0.15, 0.2) is 0 Å². The van der Waals surface area contributed by atoms with E-state index in [2.05, 4.69) is 15.9 Å². The summed E-state index contributed by atoms with van der Waals surface area (Å²) in [6, 6.07) is 11.0. The lowest BCUT2D eigenvalue weighted by molar-refractivity contribution is 0.224. The molecule has 4 heteroatoms. The molecule has 2 rings (SSSR count). The zero-order valence-corrected chi connectivity index (χ0v) is 12.4. The van der Waals surface area contributed by atoms with Crippen molar-refractivity contribution in [1.82, 2.24) is 0 Å².